The Bertz CT molecular complexity index is 554. The maximum Gasteiger partial charge on any atom is 0.251 e. The zero-order chi connectivity index (χ0) is 15.1. The molecule has 3 heteroatoms. The van der Waals surface area contributed by atoms with Gasteiger partial charge in [0.15, 0.2) is 0 Å². The van der Waals surface area contributed by atoms with E-state index in [1.165, 1.54) is 4.90 Å². The molecule has 0 unspecified atom stereocenters. The molecule has 1 N–H and O–H groups in total. The fraction of sp³-hybridized carbons (Fsp3) is 0.278. The van der Waals surface area contributed by atoms with Crippen molar-refractivity contribution in [2.45, 2.75) is 24.8 Å². The van der Waals surface area contributed by atoms with E-state index in [1.54, 1.807) is 11.8 Å². The van der Waals surface area contributed by atoms with E-state index in [2.05, 4.69) is 31.3 Å². The first-order valence-corrected chi connectivity index (χ1v) is 8.19. The Morgan fingerprint density at radius 2 is 1.57 bits per heavy atom. The molecule has 0 aliphatic heterocycles. The largest absolute Gasteiger partial charge is 0.348 e. The second-order valence-corrected chi connectivity index (χ2v) is 6.41. The molecule has 0 aromatic heterocycles. The van der Waals surface area contributed by atoms with Gasteiger partial charge in [-0.3, -0.25) is 4.79 Å². The second kappa shape index (κ2) is 7.89. The highest BCUT2D eigenvalue weighted by Crippen LogP contribution is 2.20. The summed E-state index contributed by atoms with van der Waals surface area (Å²) in [5.41, 5.74) is 0.716. The van der Waals surface area contributed by atoms with E-state index in [1.807, 2.05) is 48.5 Å². The number of thioether (sulfide) groups is 1. The minimum atomic E-state index is 0.00274. The molecule has 2 rings (SSSR count). The molecule has 0 saturated carbocycles. The highest BCUT2D eigenvalue weighted by molar-refractivity contribution is 7.99. The molecule has 1 atom stereocenters. The van der Waals surface area contributed by atoms with Crippen molar-refractivity contribution in [1.82, 2.24) is 5.32 Å². The van der Waals surface area contributed by atoms with Crippen LogP contribution in [-0.4, -0.2) is 17.7 Å². The minimum absolute atomic E-state index is 0.00274. The summed E-state index contributed by atoms with van der Waals surface area (Å²) in [7, 11) is 0. The maximum absolute atomic E-state index is 12.3. The normalized spacial score (nSPS) is 12.1. The van der Waals surface area contributed by atoms with Crippen molar-refractivity contribution in [2.75, 3.05) is 5.75 Å². The van der Waals surface area contributed by atoms with Gasteiger partial charge in [0.2, 0.25) is 0 Å². The number of nitrogens with one attached hydrogen (secondary N) is 1. The van der Waals surface area contributed by atoms with Gasteiger partial charge < -0.3 is 5.32 Å². The summed E-state index contributed by atoms with van der Waals surface area (Å²) in [5, 5.41) is 3.14. The van der Waals surface area contributed by atoms with Gasteiger partial charge in [-0.15, -0.1) is 11.8 Å². The molecule has 0 saturated heterocycles. The third-order valence-electron chi connectivity index (χ3n) is 3.33. The molecule has 0 aliphatic carbocycles. The maximum atomic E-state index is 12.3. The lowest BCUT2D eigenvalue weighted by atomic mass is 10.1. The van der Waals surface area contributed by atoms with Crippen LogP contribution in [0.3, 0.4) is 0 Å². The van der Waals surface area contributed by atoms with Gasteiger partial charge in [-0.25, -0.2) is 0 Å². The molecule has 0 spiro atoms. The molecular formula is C18H21NOS. The first-order chi connectivity index (χ1) is 10.2. The van der Waals surface area contributed by atoms with Gasteiger partial charge in [0, 0.05) is 22.3 Å². The Kier molecular flexibility index (Phi) is 5.88. The zero-order valence-electron chi connectivity index (χ0n) is 12.5. The van der Waals surface area contributed by atoms with Crippen LogP contribution in [0.1, 0.15) is 24.2 Å². The summed E-state index contributed by atoms with van der Waals surface area (Å²) in [6.07, 6.45) is 0. The standard InChI is InChI=1S/C18H21NOS/c1-14(2)17(13-21-16-11-7-4-8-12-16)19-18(20)15-9-5-3-6-10-15/h3-12,14,17H,13H2,1-2H3,(H,19,20)/t17-/m1/s1. The summed E-state index contributed by atoms with van der Waals surface area (Å²) in [6.45, 7) is 4.28. The zero-order valence-corrected chi connectivity index (χ0v) is 13.3. The van der Waals surface area contributed by atoms with Crippen molar-refractivity contribution in [3.63, 3.8) is 0 Å². The number of carbonyl (C=O) groups excluding carboxylic acids is 1. The summed E-state index contributed by atoms with van der Waals surface area (Å²) in [6, 6.07) is 19.8. The predicted octanol–water partition coefficient (Wildman–Crippen LogP) is 4.23. The van der Waals surface area contributed by atoms with Crippen molar-refractivity contribution in [2.24, 2.45) is 5.92 Å². The van der Waals surface area contributed by atoms with Crippen molar-refractivity contribution < 1.29 is 4.79 Å². The Balaban J connectivity index is 1.95. The highest BCUT2D eigenvalue weighted by Gasteiger charge is 2.17. The van der Waals surface area contributed by atoms with Crippen molar-refractivity contribution in [3.8, 4) is 0 Å². The van der Waals surface area contributed by atoms with Crippen LogP contribution in [0.2, 0.25) is 0 Å². The van der Waals surface area contributed by atoms with Gasteiger partial charge in [0.25, 0.3) is 5.91 Å². The van der Waals surface area contributed by atoms with Crippen LogP contribution in [0.15, 0.2) is 65.6 Å². The quantitative estimate of drug-likeness (QED) is 0.809. The molecule has 2 aromatic carbocycles. The van der Waals surface area contributed by atoms with Crippen LogP contribution in [0.4, 0.5) is 0 Å². The molecular weight excluding hydrogens is 278 g/mol. The lowest BCUT2D eigenvalue weighted by Gasteiger charge is -2.22. The monoisotopic (exact) mass is 299 g/mol. The van der Waals surface area contributed by atoms with E-state index < -0.39 is 0 Å². The fourth-order valence-electron chi connectivity index (χ4n) is 1.94. The lowest BCUT2D eigenvalue weighted by molar-refractivity contribution is 0.0931. The van der Waals surface area contributed by atoms with Gasteiger partial charge in [-0.05, 0) is 30.2 Å². The highest BCUT2D eigenvalue weighted by atomic mass is 32.2. The Morgan fingerprint density at radius 1 is 1.00 bits per heavy atom. The smallest absolute Gasteiger partial charge is 0.251 e. The third kappa shape index (κ3) is 4.94. The van der Waals surface area contributed by atoms with Gasteiger partial charge in [0.1, 0.15) is 0 Å². The fourth-order valence-corrected chi connectivity index (χ4v) is 3.13. The number of rotatable bonds is 6. The summed E-state index contributed by atoms with van der Waals surface area (Å²) >= 11 is 1.78. The average molecular weight is 299 g/mol. The minimum Gasteiger partial charge on any atom is -0.348 e. The average Bonchev–Trinajstić information content (AvgIpc) is 2.52. The van der Waals surface area contributed by atoms with Crippen LogP contribution in [-0.2, 0) is 0 Å². The number of benzene rings is 2. The summed E-state index contributed by atoms with van der Waals surface area (Å²) < 4.78 is 0. The van der Waals surface area contributed by atoms with Crippen LogP contribution in [0, 0.1) is 5.92 Å². The van der Waals surface area contributed by atoms with Gasteiger partial charge in [0.05, 0.1) is 0 Å². The molecule has 0 fully saturated rings. The van der Waals surface area contributed by atoms with E-state index in [9.17, 15) is 4.79 Å². The van der Waals surface area contributed by atoms with Crippen LogP contribution >= 0.6 is 11.8 Å². The molecule has 21 heavy (non-hydrogen) atoms. The van der Waals surface area contributed by atoms with Crippen LogP contribution in [0.5, 0.6) is 0 Å². The molecule has 1 amide bonds. The Labute approximate surface area is 131 Å². The molecule has 0 aliphatic rings. The first kappa shape index (κ1) is 15.6. The van der Waals surface area contributed by atoms with Gasteiger partial charge >= 0.3 is 0 Å². The molecule has 0 bridgehead atoms. The van der Waals surface area contributed by atoms with E-state index in [4.69, 9.17) is 0 Å². The predicted molar refractivity (Wildman–Crippen MR) is 89.7 cm³/mol. The number of carbonyl (C=O) groups is 1. The third-order valence-corrected chi connectivity index (χ3v) is 4.46. The molecule has 2 aromatic rings. The number of hydrogen-bond acceptors (Lipinski definition) is 2. The molecule has 0 heterocycles. The number of hydrogen-bond donors (Lipinski definition) is 1. The van der Waals surface area contributed by atoms with Crippen molar-refractivity contribution in [3.05, 3.63) is 66.2 Å². The Morgan fingerprint density at radius 3 is 2.14 bits per heavy atom. The van der Waals surface area contributed by atoms with Crippen molar-refractivity contribution >= 4 is 17.7 Å². The van der Waals surface area contributed by atoms with Gasteiger partial charge in [-0.1, -0.05) is 50.2 Å². The Hall–Kier alpha value is -1.74. The SMILES string of the molecule is CC(C)[C@@H](CSc1ccccc1)NC(=O)c1ccccc1. The van der Waals surface area contributed by atoms with Crippen molar-refractivity contribution in [1.29, 1.82) is 0 Å². The van der Waals surface area contributed by atoms with E-state index in [-0.39, 0.29) is 11.9 Å². The van der Waals surface area contributed by atoms with E-state index in [0.29, 0.717) is 11.5 Å². The number of amides is 1. The second-order valence-electron chi connectivity index (χ2n) is 5.31. The lowest BCUT2D eigenvalue weighted by Crippen LogP contribution is -2.40. The van der Waals surface area contributed by atoms with E-state index in [0.717, 1.165) is 5.75 Å². The van der Waals surface area contributed by atoms with E-state index >= 15 is 0 Å². The molecule has 0 radical (unpaired) electrons. The van der Waals surface area contributed by atoms with Gasteiger partial charge in [-0.2, -0.15) is 0 Å². The van der Waals surface area contributed by atoms with Crippen LogP contribution < -0.4 is 5.32 Å². The summed E-state index contributed by atoms with van der Waals surface area (Å²) in [5.74, 6) is 1.28. The molecule has 2 nitrogen and oxygen atoms in total. The molecule has 110 valence electrons. The summed E-state index contributed by atoms with van der Waals surface area (Å²) in [4.78, 5) is 13.5. The topological polar surface area (TPSA) is 29.1 Å². The first-order valence-electron chi connectivity index (χ1n) is 7.20. The van der Waals surface area contributed by atoms with Crippen LogP contribution in [0.25, 0.3) is 0 Å².